The predicted molar refractivity (Wildman–Crippen MR) is 144 cm³/mol. The lowest BCUT2D eigenvalue weighted by Crippen LogP contribution is -2.39. The van der Waals surface area contributed by atoms with Crippen molar-refractivity contribution in [2.24, 2.45) is 4.99 Å². The van der Waals surface area contributed by atoms with E-state index in [-0.39, 0.29) is 36.5 Å². The van der Waals surface area contributed by atoms with Gasteiger partial charge in [-0.05, 0) is 43.3 Å². The van der Waals surface area contributed by atoms with Crippen LogP contribution < -0.4 is 15.4 Å². The highest BCUT2D eigenvalue weighted by Crippen LogP contribution is 2.14. The van der Waals surface area contributed by atoms with E-state index in [0.29, 0.717) is 19.7 Å². The van der Waals surface area contributed by atoms with Crippen LogP contribution in [-0.4, -0.2) is 61.9 Å². The number of hydrogen-bond donors (Lipinski definition) is 3. The lowest BCUT2D eigenvalue weighted by molar-refractivity contribution is 0.223. The lowest BCUT2D eigenvalue weighted by atomic mass is 10.0. The Morgan fingerprint density at radius 1 is 1.00 bits per heavy atom. The normalized spacial score (nSPS) is 12.2. The topological polar surface area (TPSA) is 69.1 Å². The van der Waals surface area contributed by atoms with Crippen LogP contribution in [-0.2, 0) is 6.54 Å². The molecule has 1 atom stereocenters. The van der Waals surface area contributed by atoms with Gasteiger partial charge in [-0.1, -0.05) is 56.3 Å². The Balaban J connectivity index is 0.00000512. The maximum Gasteiger partial charge on any atom is 0.191 e. The second kappa shape index (κ2) is 16.7. The molecule has 0 fully saturated rings. The quantitative estimate of drug-likeness (QED) is 0.200. The van der Waals surface area contributed by atoms with E-state index in [0.717, 1.165) is 49.0 Å². The first kappa shape index (κ1) is 28.2. The zero-order chi connectivity index (χ0) is 22.3. The van der Waals surface area contributed by atoms with Gasteiger partial charge < -0.3 is 25.4 Å². The van der Waals surface area contributed by atoms with Crippen molar-refractivity contribution in [1.29, 1.82) is 0 Å². The molecule has 0 saturated heterocycles. The standard InChI is InChI=1S/C25H38N4O2.HI/c1-4-26-25(28-19-23(20-30)22-10-8-7-9-11-22)27-18-21-12-14-24(15-13-21)31-17-16-29(5-2)6-3;/h7-15,23,30H,4-6,16-20H2,1-3H3,(H2,26,27,28);1H. The summed E-state index contributed by atoms with van der Waals surface area (Å²) < 4.78 is 5.85. The predicted octanol–water partition coefficient (Wildman–Crippen LogP) is 3.86. The fourth-order valence-electron chi connectivity index (χ4n) is 3.27. The molecular weight excluding hydrogens is 515 g/mol. The fraction of sp³-hybridized carbons (Fsp3) is 0.480. The Hall–Kier alpha value is -1.84. The number of benzene rings is 2. The molecule has 0 aliphatic heterocycles. The highest BCUT2D eigenvalue weighted by Gasteiger charge is 2.10. The minimum Gasteiger partial charge on any atom is -0.492 e. The Bertz CT molecular complexity index is 752. The van der Waals surface area contributed by atoms with Crippen LogP contribution in [0.5, 0.6) is 5.75 Å². The van der Waals surface area contributed by atoms with Crippen molar-refractivity contribution < 1.29 is 9.84 Å². The molecule has 0 spiro atoms. The second-order valence-corrected chi connectivity index (χ2v) is 7.39. The lowest BCUT2D eigenvalue weighted by Gasteiger charge is -2.18. The monoisotopic (exact) mass is 554 g/mol. The van der Waals surface area contributed by atoms with Crippen LogP contribution in [0.4, 0.5) is 0 Å². The van der Waals surface area contributed by atoms with E-state index in [9.17, 15) is 5.11 Å². The summed E-state index contributed by atoms with van der Waals surface area (Å²) in [5.74, 6) is 1.66. The molecule has 2 rings (SSSR count). The summed E-state index contributed by atoms with van der Waals surface area (Å²) in [5.41, 5.74) is 2.24. The number of likely N-dealkylation sites (N-methyl/N-ethyl adjacent to an activating group) is 1. The van der Waals surface area contributed by atoms with E-state index in [1.165, 1.54) is 0 Å². The molecule has 0 heterocycles. The van der Waals surface area contributed by atoms with Crippen molar-refractivity contribution in [3.05, 3.63) is 65.7 Å². The van der Waals surface area contributed by atoms with E-state index < -0.39 is 0 Å². The maximum absolute atomic E-state index is 9.76. The van der Waals surface area contributed by atoms with Gasteiger partial charge in [0.15, 0.2) is 5.96 Å². The molecule has 0 aliphatic carbocycles. The number of nitrogens with one attached hydrogen (secondary N) is 2. The third-order valence-electron chi connectivity index (χ3n) is 5.27. The van der Waals surface area contributed by atoms with Crippen molar-refractivity contribution in [3.63, 3.8) is 0 Å². The van der Waals surface area contributed by atoms with Crippen molar-refractivity contribution in [3.8, 4) is 5.75 Å². The minimum absolute atomic E-state index is 0. The van der Waals surface area contributed by atoms with Gasteiger partial charge in [-0.15, -0.1) is 24.0 Å². The van der Waals surface area contributed by atoms with Crippen LogP contribution in [0.15, 0.2) is 59.6 Å². The Labute approximate surface area is 210 Å². The average molecular weight is 555 g/mol. The molecule has 32 heavy (non-hydrogen) atoms. The van der Waals surface area contributed by atoms with E-state index in [2.05, 4.69) is 46.5 Å². The highest BCUT2D eigenvalue weighted by atomic mass is 127. The summed E-state index contributed by atoms with van der Waals surface area (Å²) in [7, 11) is 0. The van der Waals surface area contributed by atoms with Gasteiger partial charge in [0.1, 0.15) is 12.4 Å². The number of aliphatic imine (C=N–C) groups is 1. The minimum atomic E-state index is 0. The molecule has 0 aliphatic rings. The van der Waals surface area contributed by atoms with E-state index >= 15 is 0 Å². The fourth-order valence-corrected chi connectivity index (χ4v) is 3.27. The van der Waals surface area contributed by atoms with Gasteiger partial charge in [0, 0.05) is 25.6 Å². The second-order valence-electron chi connectivity index (χ2n) is 7.39. The molecule has 0 bridgehead atoms. The number of nitrogens with zero attached hydrogens (tertiary/aromatic N) is 2. The highest BCUT2D eigenvalue weighted by molar-refractivity contribution is 14.0. The van der Waals surface area contributed by atoms with Gasteiger partial charge >= 0.3 is 0 Å². The smallest absolute Gasteiger partial charge is 0.191 e. The third kappa shape index (κ3) is 10.2. The van der Waals surface area contributed by atoms with Crippen LogP contribution in [0.1, 0.15) is 37.8 Å². The number of ether oxygens (including phenoxy) is 1. The Morgan fingerprint density at radius 2 is 1.69 bits per heavy atom. The van der Waals surface area contributed by atoms with Gasteiger partial charge in [-0.25, -0.2) is 4.99 Å². The Morgan fingerprint density at radius 3 is 2.28 bits per heavy atom. The first-order chi connectivity index (χ1) is 15.2. The number of guanidine groups is 1. The third-order valence-corrected chi connectivity index (χ3v) is 5.27. The van der Waals surface area contributed by atoms with Crippen molar-refractivity contribution in [1.82, 2.24) is 15.5 Å². The molecule has 2 aromatic carbocycles. The van der Waals surface area contributed by atoms with Crippen LogP contribution in [0, 0.1) is 0 Å². The molecule has 178 valence electrons. The molecule has 1 unspecified atom stereocenters. The summed E-state index contributed by atoms with van der Waals surface area (Å²) in [6.07, 6.45) is 0. The number of halogens is 1. The van der Waals surface area contributed by atoms with Gasteiger partial charge in [-0.3, -0.25) is 0 Å². The summed E-state index contributed by atoms with van der Waals surface area (Å²) in [6.45, 7) is 12.2. The number of rotatable bonds is 13. The van der Waals surface area contributed by atoms with E-state index in [4.69, 9.17) is 4.74 Å². The molecule has 3 N–H and O–H groups in total. The van der Waals surface area contributed by atoms with Gasteiger partial charge in [-0.2, -0.15) is 0 Å². The summed E-state index contributed by atoms with van der Waals surface area (Å²) in [6, 6.07) is 18.2. The van der Waals surface area contributed by atoms with Crippen molar-refractivity contribution in [2.45, 2.75) is 33.2 Å². The van der Waals surface area contributed by atoms with Crippen molar-refractivity contribution in [2.75, 3.05) is 45.9 Å². The number of aliphatic hydroxyl groups excluding tert-OH is 1. The number of hydrogen-bond acceptors (Lipinski definition) is 4. The molecule has 6 nitrogen and oxygen atoms in total. The number of aliphatic hydroxyl groups is 1. The summed E-state index contributed by atoms with van der Waals surface area (Å²) in [4.78, 5) is 7.03. The van der Waals surface area contributed by atoms with Crippen molar-refractivity contribution >= 4 is 29.9 Å². The first-order valence-electron chi connectivity index (χ1n) is 11.3. The molecule has 0 saturated carbocycles. The average Bonchev–Trinajstić information content (AvgIpc) is 2.82. The van der Waals surface area contributed by atoms with Crippen LogP contribution in [0.2, 0.25) is 0 Å². The zero-order valence-electron chi connectivity index (χ0n) is 19.6. The van der Waals surface area contributed by atoms with E-state index in [1.807, 2.05) is 49.4 Å². The largest absolute Gasteiger partial charge is 0.492 e. The van der Waals surface area contributed by atoms with Crippen LogP contribution in [0.25, 0.3) is 0 Å². The molecular formula is C25H39IN4O2. The molecule has 0 radical (unpaired) electrons. The van der Waals surface area contributed by atoms with Crippen LogP contribution >= 0.6 is 24.0 Å². The maximum atomic E-state index is 9.76. The van der Waals surface area contributed by atoms with E-state index in [1.54, 1.807) is 0 Å². The molecule has 0 aromatic heterocycles. The summed E-state index contributed by atoms with van der Waals surface area (Å²) in [5, 5.41) is 16.4. The Kier molecular flexibility index (Phi) is 14.8. The van der Waals surface area contributed by atoms with Crippen LogP contribution in [0.3, 0.4) is 0 Å². The first-order valence-corrected chi connectivity index (χ1v) is 11.3. The van der Waals surface area contributed by atoms with Gasteiger partial charge in [0.25, 0.3) is 0 Å². The van der Waals surface area contributed by atoms with Gasteiger partial charge in [0.05, 0.1) is 13.2 Å². The SMILES string of the molecule is CCNC(=NCc1ccc(OCCN(CC)CC)cc1)NCC(CO)c1ccccc1.I. The zero-order valence-corrected chi connectivity index (χ0v) is 21.9. The molecule has 2 aromatic rings. The molecule has 0 amide bonds. The molecule has 7 heteroatoms. The van der Waals surface area contributed by atoms with Gasteiger partial charge in [0.2, 0.25) is 0 Å². The summed E-state index contributed by atoms with van der Waals surface area (Å²) >= 11 is 0.